The van der Waals surface area contributed by atoms with Crippen LogP contribution in [0.3, 0.4) is 0 Å². The van der Waals surface area contributed by atoms with Gasteiger partial charge in [0.15, 0.2) is 0 Å². The smallest absolute Gasteiger partial charge is 0.240 e. The molecular weight excluding hydrogens is 347 g/mol. The van der Waals surface area contributed by atoms with E-state index in [1.807, 2.05) is 13.8 Å². The van der Waals surface area contributed by atoms with Gasteiger partial charge in [-0.05, 0) is 24.5 Å². The standard InChI is InChI=1S/C14H20Cl2N2O3S/c1-10(2)7-8-17-13(19)9-18(22(3,20)21)14-11(15)5-4-6-12(14)16/h4-6,10H,7-9H2,1-3H3,(H,17,19). The van der Waals surface area contributed by atoms with Gasteiger partial charge in [0, 0.05) is 6.54 Å². The fraction of sp³-hybridized carbons (Fsp3) is 0.500. The zero-order valence-electron chi connectivity index (χ0n) is 12.8. The molecule has 124 valence electrons. The fourth-order valence-corrected chi connectivity index (χ4v) is 3.36. The van der Waals surface area contributed by atoms with E-state index in [0.717, 1.165) is 17.0 Å². The summed E-state index contributed by atoms with van der Waals surface area (Å²) in [5.74, 6) is 0.0476. The molecule has 0 aliphatic heterocycles. The number of sulfonamides is 1. The predicted octanol–water partition coefficient (Wildman–Crippen LogP) is 2.92. The lowest BCUT2D eigenvalue weighted by atomic mass is 10.1. The first-order valence-electron chi connectivity index (χ1n) is 6.81. The molecule has 1 N–H and O–H groups in total. The molecule has 0 aromatic heterocycles. The lowest BCUT2D eigenvalue weighted by Gasteiger charge is -2.24. The maximum Gasteiger partial charge on any atom is 0.240 e. The van der Waals surface area contributed by atoms with E-state index in [0.29, 0.717) is 12.5 Å². The molecule has 0 unspecified atom stereocenters. The van der Waals surface area contributed by atoms with Crippen molar-refractivity contribution in [3.8, 4) is 0 Å². The minimum atomic E-state index is -3.70. The normalized spacial score (nSPS) is 11.5. The molecule has 0 saturated heterocycles. The van der Waals surface area contributed by atoms with Gasteiger partial charge in [-0.3, -0.25) is 9.10 Å². The molecule has 0 saturated carbocycles. The van der Waals surface area contributed by atoms with E-state index in [9.17, 15) is 13.2 Å². The molecule has 0 spiro atoms. The quantitative estimate of drug-likeness (QED) is 0.806. The van der Waals surface area contributed by atoms with Gasteiger partial charge in [-0.2, -0.15) is 0 Å². The van der Waals surface area contributed by atoms with E-state index in [1.54, 1.807) is 6.07 Å². The van der Waals surface area contributed by atoms with Crippen molar-refractivity contribution in [1.82, 2.24) is 5.32 Å². The van der Waals surface area contributed by atoms with Gasteiger partial charge in [0.1, 0.15) is 6.54 Å². The molecule has 0 aliphatic carbocycles. The summed E-state index contributed by atoms with van der Waals surface area (Å²) in [4.78, 5) is 12.0. The Hall–Kier alpha value is -0.980. The Morgan fingerprint density at radius 2 is 1.82 bits per heavy atom. The third-order valence-corrected chi connectivity index (χ3v) is 4.64. The largest absolute Gasteiger partial charge is 0.355 e. The Kier molecular flexibility index (Phi) is 6.97. The lowest BCUT2D eigenvalue weighted by molar-refractivity contribution is -0.119. The molecule has 0 heterocycles. The van der Waals surface area contributed by atoms with Crippen LogP contribution in [0.25, 0.3) is 0 Å². The molecule has 0 aliphatic rings. The molecule has 0 radical (unpaired) electrons. The van der Waals surface area contributed by atoms with Crippen LogP contribution in [-0.2, 0) is 14.8 Å². The fourth-order valence-electron chi connectivity index (χ4n) is 1.78. The second-order valence-electron chi connectivity index (χ2n) is 5.37. The highest BCUT2D eigenvalue weighted by molar-refractivity contribution is 7.92. The van der Waals surface area contributed by atoms with Crippen LogP contribution in [0.5, 0.6) is 0 Å². The topological polar surface area (TPSA) is 66.5 Å². The van der Waals surface area contributed by atoms with Crippen LogP contribution in [0.15, 0.2) is 18.2 Å². The minimum Gasteiger partial charge on any atom is -0.355 e. The van der Waals surface area contributed by atoms with Crippen molar-refractivity contribution >= 4 is 44.8 Å². The maximum atomic E-state index is 12.0. The average molecular weight is 367 g/mol. The summed E-state index contributed by atoms with van der Waals surface area (Å²) in [6.45, 7) is 4.21. The number of para-hydroxylation sites is 1. The van der Waals surface area contributed by atoms with E-state index in [-0.39, 0.29) is 22.3 Å². The Morgan fingerprint density at radius 3 is 2.27 bits per heavy atom. The van der Waals surface area contributed by atoms with Crippen molar-refractivity contribution in [2.75, 3.05) is 23.7 Å². The molecule has 8 heteroatoms. The number of anilines is 1. The van der Waals surface area contributed by atoms with Gasteiger partial charge in [-0.1, -0.05) is 43.1 Å². The van der Waals surface area contributed by atoms with Gasteiger partial charge in [-0.15, -0.1) is 0 Å². The van der Waals surface area contributed by atoms with Crippen LogP contribution in [0.1, 0.15) is 20.3 Å². The number of carbonyl (C=O) groups is 1. The first-order chi connectivity index (χ1) is 10.1. The molecule has 5 nitrogen and oxygen atoms in total. The minimum absolute atomic E-state index is 0.118. The van der Waals surface area contributed by atoms with E-state index in [1.165, 1.54) is 12.1 Å². The third kappa shape index (κ3) is 5.66. The highest BCUT2D eigenvalue weighted by Crippen LogP contribution is 2.34. The Morgan fingerprint density at radius 1 is 1.27 bits per heavy atom. The third-order valence-electron chi connectivity index (χ3n) is 2.92. The van der Waals surface area contributed by atoms with E-state index < -0.39 is 15.9 Å². The summed E-state index contributed by atoms with van der Waals surface area (Å²) >= 11 is 12.1. The summed E-state index contributed by atoms with van der Waals surface area (Å²) in [7, 11) is -3.70. The molecule has 1 aromatic carbocycles. The van der Waals surface area contributed by atoms with Crippen molar-refractivity contribution < 1.29 is 13.2 Å². The highest BCUT2D eigenvalue weighted by Gasteiger charge is 2.25. The van der Waals surface area contributed by atoms with Gasteiger partial charge < -0.3 is 5.32 Å². The molecular formula is C14H20Cl2N2O3S. The number of benzene rings is 1. The van der Waals surface area contributed by atoms with E-state index in [2.05, 4.69) is 5.32 Å². The van der Waals surface area contributed by atoms with Crippen molar-refractivity contribution in [3.05, 3.63) is 28.2 Å². The van der Waals surface area contributed by atoms with Crippen LogP contribution in [0.4, 0.5) is 5.69 Å². The molecule has 0 fully saturated rings. The van der Waals surface area contributed by atoms with Crippen molar-refractivity contribution in [3.63, 3.8) is 0 Å². The number of nitrogens with zero attached hydrogens (tertiary/aromatic N) is 1. The molecule has 22 heavy (non-hydrogen) atoms. The number of rotatable bonds is 7. The first kappa shape index (κ1) is 19.1. The lowest BCUT2D eigenvalue weighted by Crippen LogP contribution is -2.41. The summed E-state index contributed by atoms with van der Waals surface area (Å²) in [6, 6.07) is 4.66. The van der Waals surface area contributed by atoms with Crippen LogP contribution in [-0.4, -0.2) is 33.7 Å². The molecule has 1 amide bonds. The summed E-state index contributed by atoms with van der Waals surface area (Å²) in [6.07, 6.45) is 1.82. The number of halogens is 2. The monoisotopic (exact) mass is 366 g/mol. The second-order valence-corrected chi connectivity index (χ2v) is 8.09. The molecule has 1 rings (SSSR count). The molecule has 0 atom stereocenters. The Balaban J connectivity index is 2.95. The van der Waals surface area contributed by atoms with Crippen molar-refractivity contribution in [2.24, 2.45) is 5.92 Å². The van der Waals surface area contributed by atoms with Crippen LogP contribution >= 0.6 is 23.2 Å². The van der Waals surface area contributed by atoms with Crippen molar-refractivity contribution in [1.29, 1.82) is 0 Å². The number of carbonyl (C=O) groups excluding carboxylic acids is 1. The average Bonchev–Trinajstić information content (AvgIpc) is 2.35. The van der Waals surface area contributed by atoms with Crippen LogP contribution < -0.4 is 9.62 Å². The summed E-state index contributed by atoms with van der Waals surface area (Å²) < 4.78 is 24.9. The van der Waals surface area contributed by atoms with Gasteiger partial charge >= 0.3 is 0 Å². The van der Waals surface area contributed by atoms with Crippen LogP contribution in [0, 0.1) is 5.92 Å². The van der Waals surface area contributed by atoms with Gasteiger partial charge in [0.25, 0.3) is 0 Å². The van der Waals surface area contributed by atoms with Gasteiger partial charge in [-0.25, -0.2) is 8.42 Å². The van der Waals surface area contributed by atoms with Crippen LogP contribution in [0.2, 0.25) is 10.0 Å². The molecule has 0 bridgehead atoms. The van der Waals surface area contributed by atoms with Gasteiger partial charge in [0.2, 0.25) is 15.9 Å². The number of nitrogens with one attached hydrogen (secondary N) is 1. The summed E-state index contributed by atoms with van der Waals surface area (Å²) in [5.41, 5.74) is 0.118. The number of hydrogen-bond donors (Lipinski definition) is 1. The zero-order valence-corrected chi connectivity index (χ0v) is 15.1. The summed E-state index contributed by atoms with van der Waals surface area (Å²) in [5, 5.41) is 3.04. The molecule has 1 aromatic rings. The zero-order chi connectivity index (χ0) is 16.9. The maximum absolute atomic E-state index is 12.0. The Labute approximate surface area is 141 Å². The number of hydrogen-bond acceptors (Lipinski definition) is 3. The van der Waals surface area contributed by atoms with E-state index in [4.69, 9.17) is 23.2 Å². The number of amides is 1. The van der Waals surface area contributed by atoms with E-state index >= 15 is 0 Å². The first-order valence-corrected chi connectivity index (χ1v) is 9.41. The second kappa shape index (κ2) is 8.04. The van der Waals surface area contributed by atoms with Gasteiger partial charge in [0.05, 0.1) is 22.0 Å². The highest BCUT2D eigenvalue weighted by atomic mass is 35.5. The predicted molar refractivity (Wildman–Crippen MR) is 91.1 cm³/mol. The van der Waals surface area contributed by atoms with Crippen molar-refractivity contribution in [2.45, 2.75) is 20.3 Å². The SMILES string of the molecule is CC(C)CCNC(=O)CN(c1c(Cl)cccc1Cl)S(C)(=O)=O. The Bertz CT molecular complexity index is 613.